The first kappa shape index (κ1) is 22.9. The molecule has 0 N–H and O–H groups in total. The monoisotopic (exact) mass is 445 g/mol. The van der Waals surface area contributed by atoms with Crippen molar-refractivity contribution < 1.29 is 31.2 Å². The Morgan fingerprint density at radius 2 is 1.87 bits per heavy atom. The third-order valence-electron chi connectivity index (χ3n) is 5.07. The van der Waals surface area contributed by atoms with Crippen molar-refractivity contribution in [1.82, 2.24) is 4.90 Å². The number of alkyl halides is 3. The minimum absolute atomic E-state index is 0.0760. The molecule has 1 fully saturated rings. The second kappa shape index (κ2) is 9.13. The quantitative estimate of drug-likeness (QED) is 0.626. The van der Waals surface area contributed by atoms with E-state index < -0.39 is 34.9 Å². The van der Waals surface area contributed by atoms with E-state index in [4.69, 9.17) is 9.47 Å². The van der Waals surface area contributed by atoms with Crippen LogP contribution in [0.15, 0.2) is 47.4 Å². The van der Waals surface area contributed by atoms with Crippen molar-refractivity contribution in [2.45, 2.75) is 36.4 Å². The van der Waals surface area contributed by atoms with E-state index >= 15 is 0 Å². The highest BCUT2D eigenvalue weighted by molar-refractivity contribution is 7.84. The van der Waals surface area contributed by atoms with Gasteiger partial charge in [0, 0.05) is 28.5 Å². The molecule has 0 spiro atoms. The van der Waals surface area contributed by atoms with E-state index in [9.17, 15) is 21.8 Å². The summed E-state index contributed by atoms with van der Waals surface area (Å²) >= 11 is 0. The molecule has 1 aliphatic rings. The van der Waals surface area contributed by atoms with E-state index in [1.807, 2.05) is 11.9 Å². The smallest absolute Gasteiger partial charge is 0.349 e. The summed E-state index contributed by atoms with van der Waals surface area (Å²) in [5.41, 5.74) is 0.150. The number of nitrogens with zero attached hydrogens (tertiary/aromatic N) is 1. The lowest BCUT2D eigenvalue weighted by molar-refractivity contribution is -0.226. The molecule has 4 nitrogen and oxygen atoms in total. The Bertz CT molecular complexity index is 904. The highest BCUT2D eigenvalue weighted by Gasteiger charge is 2.35. The molecule has 2 aromatic carbocycles. The zero-order valence-corrected chi connectivity index (χ0v) is 17.6. The minimum atomic E-state index is -4.57. The fourth-order valence-corrected chi connectivity index (χ4v) is 4.00. The predicted octanol–water partition coefficient (Wildman–Crippen LogP) is 4.69. The molecule has 0 amide bonds. The van der Waals surface area contributed by atoms with E-state index in [-0.39, 0.29) is 22.3 Å². The van der Waals surface area contributed by atoms with Crippen LogP contribution in [0.2, 0.25) is 0 Å². The van der Waals surface area contributed by atoms with Crippen LogP contribution in [-0.4, -0.2) is 41.9 Å². The summed E-state index contributed by atoms with van der Waals surface area (Å²) in [7, 11) is 0.292. The maximum Gasteiger partial charge on any atom is 0.416 e. The van der Waals surface area contributed by atoms with Crippen LogP contribution >= 0.6 is 0 Å². The van der Waals surface area contributed by atoms with Crippen LogP contribution in [0.3, 0.4) is 0 Å². The van der Waals surface area contributed by atoms with Gasteiger partial charge in [0.25, 0.3) is 0 Å². The Morgan fingerprint density at radius 1 is 1.20 bits per heavy atom. The van der Waals surface area contributed by atoms with Gasteiger partial charge in [-0.3, -0.25) is 9.11 Å². The second-order valence-electron chi connectivity index (χ2n) is 7.24. The molecule has 0 radical (unpaired) electrons. The Labute approximate surface area is 175 Å². The van der Waals surface area contributed by atoms with Gasteiger partial charge in [0.05, 0.1) is 24.3 Å². The summed E-state index contributed by atoms with van der Waals surface area (Å²) in [6, 6.07) is 8.94. The molecular formula is C21H23F4NO3S. The van der Waals surface area contributed by atoms with Crippen molar-refractivity contribution in [3.8, 4) is 0 Å². The van der Waals surface area contributed by atoms with Crippen molar-refractivity contribution in [1.29, 1.82) is 0 Å². The van der Waals surface area contributed by atoms with Gasteiger partial charge in [0.2, 0.25) is 0 Å². The van der Waals surface area contributed by atoms with E-state index in [2.05, 4.69) is 0 Å². The molecule has 1 aliphatic heterocycles. The van der Waals surface area contributed by atoms with Gasteiger partial charge in [-0.2, -0.15) is 13.2 Å². The van der Waals surface area contributed by atoms with Gasteiger partial charge in [-0.05, 0) is 55.4 Å². The first-order chi connectivity index (χ1) is 14.1. The first-order valence-corrected chi connectivity index (χ1v) is 10.9. The lowest BCUT2D eigenvalue weighted by Crippen LogP contribution is -2.44. The summed E-state index contributed by atoms with van der Waals surface area (Å²) in [5, 5.41) is 0. The van der Waals surface area contributed by atoms with Crippen molar-refractivity contribution in [2.24, 2.45) is 0 Å². The number of morpholine rings is 1. The summed E-state index contributed by atoms with van der Waals surface area (Å²) < 4.78 is 76.9. The number of hydrogen-bond acceptors (Lipinski definition) is 4. The topological polar surface area (TPSA) is 38.8 Å². The fraction of sp³-hybridized carbons (Fsp3) is 0.429. The summed E-state index contributed by atoms with van der Waals surface area (Å²) in [5.74, 6) is -0.368. The second-order valence-corrected chi connectivity index (χ2v) is 8.62. The average molecular weight is 445 g/mol. The molecule has 1 unspecified atom stereocenters. The highest BCUT2D eigenvalue weighted by Crippen LogP contribution is 2.36. The van der Waals surface area contributed by atoms with Crippen LogP contribution in [0.1, 0.15) is 35.8 Å². The van der Waals surface area contributed by atoms with Crippen LogP contribution in [0, 0.1) is 5.82 Å². The summed E-state index contributed by atoms with van der Waals surface area (Å²) in [4.78, 5) is 2.07. The van der Waals surface area contributed by atoms with E-state index in [0.717, 1.165) is 17.7 Å². The Kier molecular flexibility index (Phi) is 6.96. The summed E-state index contributed by atoms with van der Waals surface area (Å²) in [6.45, 7) is 2.63. The lowest BCUT2D eigenvalue weighted by Gasteiger charge is -2.40. The maximum atomic E-state index is 13.3. The first-order valence-electron chi connectivity index (χ1n) is 9.34. The Hall–Kier alpha value is -1.81. The lowest BCUT2D eigenvalue weighted by atomic mass is 10.0. The van der Waals surface area contributed by atoms with Crippen LogP contribution in [0.4, 0.5) is 17.6 Å². The number of rotatable bonds is 5. The molecule has 1 heterocycles. The number of halogens is 4. The van der Waals surface area contributed by atoms with E-state index in [0.29, 0.717) is 13.2 Å². The number of ether oxygens (including phenoxy) is 2. The van der Waals surface area contributed by atoms with Gasteiger partial charge in [-0.15, -0.1) is 0 Å². The van der Waals surface area contributed by atoms with Crippen LogP contribution < -0.4 is 0 Å². The molecule has 3 rings (SSSR count). The minimum Gasteiger partial charge on any atom is -0.349 e. The zero-order chi connectivity index (χ0) is 22.1. The molecule has 0 saturated carbocycles. The van der Waals surface area contributed by atoms with Gasteiger partial charge in [-0.1, -0.05) is 12.1 Å². The molecule has 4 atom stereocenters. The van der Waals surface area contributed by atoms with Gasteiger partial charge in [0.1, 0.15) is 5.82 Å². The predicted molar refractivity (Wildman–Crippen MR) is 105 cm³/mol. The molecule has 1 saturated heterocycles. The van der Waals surface area contributed by atoms with E-state index in [1.54, 1.807) is 19.1 Å². The third-order valence-corrected chi connectivity index (χ3v) is 5.97. The van der Waals surface area contributed by atoms with Gasteiger partial charge in [-0.25, -0.2) is 4.39 Å². The number of benzene rings is 2. The van der Waals surface area contributed by atoms with Gasteiger partial charge in [0.15, 0.2) is 6.29 Å². The third kappa shape index (κ3) is 5.26. The largest absolute Gasteiger partial charge is 0.416 e. The van der Waals surface area contributed by atoms with Crippen LogP contribution in [-0.2, 0) is 26.4 Å². The molecular weight excluding hydrogens is 422 g/mol. The van der Waals surface area contributed by atoms with Crippen LogP contribution in [0.5, 0.6) is 0 Å². The SMILES string of the molecule is C[C@@H](O[C@H]1OCCN(C)[C@H]1c1ccc(F)cc1)c1cc(S(C)=O)cc(C(F)(F)F)c1. The molecule has 30 heavy (non-hydrogen) atoms. The molecule has 0 bridgehead atoms. The number of hydrogen-bond donors (Lipinski definition) is 0. The van der Waals surface area contributed by atoms with Gasteiger partial charge >= 0.3 is 6.18 Å². The van der Waals surface area contributed by atoms with Crippen molar-refractivity contribution in [3.05, 3.63) is 65.0 Å². The Balaban J connectivity index is 1.89. The molecule has 2 aromatic rings. The normalized spacial score (nSPS) is 22.6. The van der Waals surface area contributed by atoms with Crippen molar-refractivity contribution in [3.63, 3.8) is 0 Å². The highest BCUT2D eigenvalue weighted by atomic mass is 32.2. The zero-order valence-electron chi connectivity index (χ0n) is 16.8. The molecule has 0 aliphatic carbocycles. The molecule has 0 aromatic heterocycles. The van der Waals surface area contributed by atoms with Crippen molar-refractivity contribution >= 4 is 10.8 Å². The standard InChI is InChI=1S/C21H23F4NO3S/c1-13(15-10-16(21(23,24)25)12-18(11-15)30(3)27)29-20-19(26(2)8-9-28-20)14-4-6-17(22)7-5-14/h4-7,10-13,19-20H,8-9H2,1-3H3/t13-,19+,20-,30?/m1/s1. The van der Waals surface area contributed by atoms with Gasteiger partial charge < -0.3 is 9.47 Å². The molecule has 164 valence electrons. The number of likely N-dealkylation sites (N-methyl/N-ethyl adjacent to an activating group) is 1. The maximum absolute atomic E-state index is 13.3. The van der Waals surface area contributed by atoms with Crippen molar-refractivity contribution in [2.75, 3.05) is 26.5 Å². The summed E-state index contributed by atoms with van der Waals surface area (Å²) in [6.07, 6.45) is -4.76. The Morgan fingerprint density at radius 3 is 2.47 bits per heavy atom. The average Bonchev–Trinajstić information content (AvgIpc) is 2.68. The van der Waals surface area contributed by atoms with E-state index in [1.165, 1.54) is 24.5 Å². The van der Waals surface area contributed by atoms with Crippen LogP contribution in [0.25, 0.3) is 0 Å². The molecule has 9 heteroatoms. The fourth-order valence-electron chi connectivity index (χ4n) is 3.40.